The minimum absolute atomic E-state index is 0.00470. The average Bonchev–Trinajstić information content (AvgIpc) is 3.34. The average molecular weight is 452 g/mol. The third-order valence-electron chi connectivity index (χ3n) is 5.52. The maximum atomic E-state index is 13.0. The molecule has 3 heterocycles. The van der Waals surface area contributed by atoms with Gasteiger partial charge in [-0.05, 0) is 67.3 Å². The summed E-state index contributed by atoms with van der Waals surface area (Å²) in [4.78, 5) is 25.4. The molecule has 0 unspecified atom stereocenters. The van der Waals surface area contributed by atoms with Gasteiger partial charge < -0.3 is 5.32 Å². The highest BCUT2D eigenvalue weighted by molar-refractivity contribution is 7.17. The Morgan fingerprint density at radius 2 is 1.91 bits per heavy atom. The van der Waals surface area contributed by atoms with Gasteiger partial charge in [0.1, 0.15) is 10.5 Å². The van der Waals surface area contributed by atoms with Crippen LogP contribution < -0.4 is 10.9 Å². The minimum Gasteiger partial charge on any atom is -0.326 e. The van der Waals surface area contributed by atoms with Crippen molar-refractivity contribution < 1.29 is 4.79 Å². The Morgan fingerprint density at radius 3 is 2.62 bits per heavy atom. The number of fused-ring (bicyclic) bond motifs is 3. The van der Waals surface area contributed by atoms with Crippen LogP contribution in [0.3, 0.4) is 0 Å². The van der Waals surface area contributed by atoms with Crippen molar-refractivity contribution in [2.24, 2.45) is 5.92 Å². The zero-order chi connectivity index (χ0) is 22.8. The van der Waals surface area contributed by atoms with Crippen molar-refractivity contribution in [1.29, 1.82) is 0 Å². The van der Waals surface area contributed by atoms with Gasteiger partial charge in [0.15, 0.2) is 0 Å². The van der Waals surface area contributed by atoms with E-state index in [9.17, 15) is 9.59 Å². The zero-order valence-corrected chi connectivity index (χ0v) is 19.8. The Labute approximate surface area is 191 Å². The Hall–Kier alpha value is -3.00. The second-order valence-electron chi connectivity index (χ2n) is 8.80. The van der Waals surface area contributed by atoms with E-state index in [-0.39, 0.29) is 11.5 Å². The van der Waals surface area contributed by atoms with Crippen LogP contribution in [0.25, 0.3) is 16.0 Å². The molecule has 4 aromatic rings. The third-order valence-corrected chi connectivity index (χ3v) is 6.41. The predicted molar refractivity (Wildman–Crippen MR) is 130 cm³/mol. The fraction of sp³-hybridized carbons (Fsp3) is 0.417. The maximum absolute atomic E-state index is 13.0. The molecule has 7 nitrogen and oxygen atoms in total. The van der Waals surface area contributed by atoms with Crippen molar-refractivity contribution >= 4 is 38.9 Å². The van der Waals surface area contributed by atoms with Crippen LogP contribution in [0.15, 0.2) is 34.4 Å². The number of nitrogens with one attached hydrogen (secondary N) is 1. The molecule has 0 radical (unpaired) electrons. The molecule has 32 heavy (non-hydrogen) atoms. The van der Waals surface area contributed by atoms with E-state index in [4.69, 9.17) is 0 Å². The van der Waals surface area contributed by atoms with E-state index in [0.29, 0.717) is 37.5 Å². The number of carbonyl (C=O) groups is 1. The van der Waals surface area contributed by atoms with Gasteiger partial charge in [-0.3, -0.25) is 18.6 Å². The lowest BCUT2D eigenvalue weighted by Gasteiger charge is -2.11. The third kappa shape index (κ3) is 4.60. The van der Waals surface area contributed by atoms with Crippen molar-refractivity contribution in [3.63, 3.8) is 0 Å². The van der Waals surface area contributed by atoms with E-state index >= 15 is 0 Å². The van der Waals surface area contributed by atoms with Crippen molar-refractivity contribution in [1.82, 2.24) is 19.2 Å². The number of aromatic nitrogens is 4. The van der Waals surface area contributed by atoms with Gasteiger partial charge in [0.05, 0.1) is 5.52 Å². The molecule has 0 fully saturated rings. The molecule has 0 aliphatic heterocycles. The summed E-state index contributed by atoms with van der Waals surface area (Å²) < 4.78 is 4.44. The number of aryl methyl sites for hydroxylation is 4. The molecule has 1 amide bonds. The summed E-state index contributed by atoms with van der Waals surface area (Å²) in [5, 5.41) is 13.7. The molecule has 0 saturated carbocycles. The van der Waals surface area contributed by atoms with Crippen molar-refractivity contribution in [2.45, 2.75) is 59.9 Å². The molecule has 0 aliphatic rings. The summed E-state index contributed by atoms with van der Waals surface area (Å²) in [5.41, 5.74) is 3.91. The van der Waals surface area contributed by atoms with E-state index in [1.165, 1.54) is 11.3 Å². The molecule has 0 saturated heterocycles. The lowest BCUT2D eigenvalue weighted by Crippen LogP contribution is -2.23. The highest BCUT2D eigenvalue weighted by Gasteiger charge is 2.17. The molecule has 0 spiro atoms. The lowest BCUT2D eigenvalue weighted by atomic mass is 10.1. The number of hydrogen-bond acceptors (Lipinski definition) is 5. The van der Waals surface area contributed by atoms with Crippen LogP contribution in [0.2, 0.25) is 0 Å². The van der Waals surface area contributed by atoms with Crippen LogP contribution in [0.5, 0.6) is 0 Å². The molecule has 168 valence electrons. The second kappa shape index (κ2) is 9.24. The van der Waals surface area contributed by atoms with E-state index in [0.717, 1.165) is 39.3 Å². The molecular weight excluding hydrogens is 422 g/mol. The molecule has 3 aromatic heterocycles. The number of amides is 1. The normalized spacial score (nSPS) is 11.7. The van der Waals surface area contributed by atoms with Crippen molar-refractivity contribution in [3.8, 4) is 0 Å². The first-order chi connectivity index (χ1) is 15.3. The van der Waals surface area contributed by atoms with E-state index in [2.05, 4.69) is 35.4 Å². The summed E-state index contributed by atoms with van der Waals surface area (Å²) in [6.07, 6.45) is 2.54. The van der Waals surface area contributed by atoms with Gasteiger partial charge in [0.2, 0.25) is 11.7 Å². The number of hydrogen-bond donors (Lipinski definition) is 1. The predicted octanol–water partition coefficient (Wildman–Crippen LogP) is 4.73. The van der Waals surface area contributed by atoms with Crippen LogP contribution in [0, 0.1) is 19.8 Å². The Bertz CT molecular complexity index is 1310. The standard InChI is InChI=1S/C24H29N5O2S/c1-15(2)8-10-28-23(31)22-19(9-11-32-22)29-20(26-27-24(28)29)6-5-7-21(30)25-18-13-16(3)12-17(4)14-18/h9,11-15H,5-8,10H2,1-4H3,(H,25,30). The van der Waals surface area contributed by atoms with Gasteiger partial charge >= 0.3 is 0 Å². The first-order valence-corrected chi connectivity index (χ1v) is 11.9. The smallest absolute Gasteiger partial charge is 0.272 e. The second-order valence-corrected chi connectivity index (χ2v) is 9.72. The number of carbonyl (C=O) groups excluding carboxylic acids is 1. The fourth-order valence-electron chi connectivity index (χ4n) is 4.01. The minimum atomic E-state index is -0.0154. The first kappa shape index (κ1) is 22.2. The molecule has 0 aliphatic carbocycles. The summed E-state index contributed by atoms with van der Waals surface area (Å²) >= 11 is 1.45. The summed E-state index contributed by atoms with van der Waals surface area (Å²) in [6.45, 7) is 8.94. The SMILES string of the molecule is Cc1cc(C)cc(NC(=O)CCCc2nnc3n(CCC(C)C)c(=O)c4sccc4n23)c1. The van der Waals surface area contributed by atoms with Crippen molar-refractivity contribution in [3.05, 3.63) is 57.0 Å². The molecule has 1 N–H and O–H groups in total. The highest BCUT2D eigenvalue weighted by Crippen LogP contribution is 2.21. The van der Waals surface area contributed by atoms with Gasteiger partial charge in [-0.2, -0.15) is 0 Å². The Morgan fingerprint density at radius 1 is 1.16 bits per heavy atom. The Balaban J connectivity index is 1.52. The summed E-state index contributed by atoms with van der Waals surface area (Å²) in [7, 11) is 0. The van der Waals surface area contributed by atoms with Gasteiger partial charge in [-0.25, -0.2) is 0 Å². The molecule has 8 heteroatoms. The largest absolute Gasteiger partial charge is 0.326 e. The number of benzene rings is 1. The van der Waals surface area contributed by atoms with Crippen LogP contribution >= 0.6 is 11.3 Å². The van der Waals surface area contributed by atoms with E-state index in [1.807, 2.05) is 41.8 Å². The van der Waals surface area contributed by atoms with Gasteiger partial charge in [-0.15, -0.1) is 21.5 Å². The number of anilines is 1. The molecule has 1 aromatic carbocycles. The van der Waals surface area contributed by atoms with Crippen LogP contribution in [0.4, 0.5) is 5.69 Å². The van der Waals surface area contributed by atoms with Gasteiger partial charge in [-0.1, -0.05) is 19.9 Å². The molecule has 0 atom stereocenters. The summed E-state index contributed by atoms with van der Waals surface area (Å²) in [5.74, 6) is 1.83. The van der Waals surface area contributed by atoms with Gasteiger partial charge in [0.25, 0.3) is 5.56 Å². The lowest BCUT2D eigenvalue weighted by molar-refractivity contribution is -0.116. The monoisotopic (exact) mass is 451 g/mol. The van der Waals surface area contributed by atoms with E-state index in [1.54, 1.807) is 4.57 Å². The van der Waals surface area contributed by atoms with Crippen molar-refractivity contribution in [2.75, 3.05) is 5.32 Å². The van der Waals surface area contributed by atoms with Crippen LogP contribution in [-0.2, 0) is 17.8 Å². The topological polar surface area (TPSA) is 81.3 Å². The number of nitrogens with zero attached hydrogens (tertiary/aromatic N) is 4. The molecule has 0 bridgehead atoms. The van der Waals surface area contributed by atoms with Crippen LogP contribution in [-0.4, -0.2) is 25.1 Å². The maximum Gasteiger partial charge on any atom is 0.272 e. The highest BCUT2D eigenvalue weighted by atomic mass is 32.1. The first-order valence-electron chi connectivity index (χ1n) is 11.1. The molecule has 4 rings (SSSR count). The van der Waals surface area contributed by atoms with Gasteiger partial charge in [0, 0.05) is 25.1 Å². The fourth-order valence-corrected chi connectivity index (χ4v) is 4.83. The summed E-state index contributed by atoms with van der Waals surface area (Å²) in [6, 6.07) is 7.97. The zero-order valence-electron chi connectivity index (χ0n) is 19.0. The number of rotatable bonds is 8. The number of thiophene rings is 1. The Kier molecular flexibility index (Phi) is 6.41. The van der Waals surface area contributed by atoms with E-state index < -0.39 is 0 Å². The van der Waals surface area contributed by atoms with Crippen LogP contribution in [0.1, 0.15) is 50.1 Å². The quantitative estimate of drug-likeness (QED) is 0.420. The molecular formula is C24H29N5O2S.